The Morgan fingerprint density at radius 2 is 1.51 bits per heavy atom. The number of hydrogen-bond donors (Lipinski definition) is 1. The predicted octanol–water partition coefficient (Wildman–Crippen LogP) is 4.65. The molecule has 2 aliphatic heterocycles. The van der Waals surface area contributed by atoms with Crippen LogP contribution in [0.1, 0.15) is 22.8 Å². The maximum Gasteiger partial charge on any atom is 0.356 e. The van der Waals surface area contributed by atoms with E-state index in [-0.39, 0.29) is 23.6 Å². The predicted molar refractivity (Wildman–Crippen MR) is 152 cm³/mol. The van der Waals surface area contributed by atoms with Gasteiger partial charge < -0.3 is 10.1 Å². The quantitative estimate of drug-likeness (QED) is 0.171. The average Bonchev–Trinajstić information content (AvgIpc) is 2.95. The van der Waals surface area contributed by atoms with Crippen molar-refractivity contribution in [2.45, 2.75) is 23.9 Å². The van der Waals surface area contributed by atoms with Crippen molar-refractivity contribution in [3.8, 4) is 0 Å². The fourth-order valence-corrected chi connectivity index (χ4v) is 6.87. The van der Waals surface area contributed by atoms with Crippen LogP contribution in [-0.2, 0) is 25.5 Å². The van der Waals surface area contributed by atoms with E-state index in [2.05, 4.69) is 27.9 Å². The molecule has 0 unspecified atom stereocenters. The lowest BCUT2D eigenvalue weighted by Gasteiger charge is -2.49. The first-order chi connectivity index (χ1) is 18.1. The van der Waals surface area contributed by atoms with Crippen molar-refractivity contribution >= 4 is 52.1 Å². The minimum absolute atomic E-state index is 0.196. The van der Waals surface area contributed by atoms with Gasteiger partial charge in [-0.25, -0.2) is 4.79 Å². The van der Waals surface area contributed by atoms with E-state index in [1.807, 2.05) is 91.0 Å². The molecule has 37 heavy (non-hydrogen) atoms. The van der Waals surface area contributed by atoms with E-state index in [0.717, 1.165) is 22.3 Å². The molecule has 2 amide bonds. The van der Waals surface area contributed by atoms with Gasteiger partial charge in [-0.15, -0.1) is 11.8 Å². The molecule has 2 aliphatic rings. The molecule has 0 radical (unpaired) electrons. The first-order valence-electron chi connectivity index (χ1n) is 11.9. The Balaban J connectivity index is 1.35. The molecule has 6 nitrogen and oxygen atoms in total. The normalized spacial score (nSPS) is 18.8. The van der Waals surface area contributed by atoms with E-state index in [1.165, 1.54) is 4.90 Å². The minimum Gasteiger partial charge on any atom is -0.448 e. The maximum absolute atomic E-state index is 13.7. The zero-order valence-electron chi connectivity index (χ0n) is 19.9. The van der Waals surface area contributed by atoms with Crippen LogP contribution in [0.25, 0.3) is 0 Å². The number of rotatable bonds is 8. The minimum atomic E-state index is -0.668. The second kappa shape index (κ2) is 11.5. The number of hydrogen-bond acceptors (Lipinski definition) is 5. The summed E-state index contributed by atoms with van der Waals surface area (Å²) < 4.78 is 6.70. The highest BCUT2D eigenvalue weighted by Crippen LogP contribution is 2.42. The van der Waals surface area contributed by atoms with E-state index < -0.39 is 18.1 Å². The number of benzene rings is 3. The summed E-state index contributed by atoms with van der Waals surface area (Å²) >= 11 is 3.77. The second-order valence-electron chi connectivity index (χ2n) is 8.81. The molecule has 188 valence electrons. The van der Waals surface area contributed by atoms with Crippen LogP contribution in [0.4, 0.5) is 0 Å². The summed E-state index contributed by atoms with van der Waals surface area (Å²) in [5.74, 6) is -0.444. The Morgan fingerprint density at radius 1 is 0.946 bits per heavy atom. The van der Waals surface area contributed by atoms with Gasteiger partial charge in [0.05, 0.1) is 6.42 Å². The van der Waals surface area contributed by atoms with Crippen molar-refractivity contribution in [2.75, 3.05) is 10.2 Å². The molecule has 5 rings (SSSR count). The van der Waals surface area contributed by atoms with E-state index in [4.69, 9.17) is 4.74 Å². The third-order valence-corrected chi connectivity index (χ3v) is 8.62. The van der Waals surface area contributed by atoms with Crippen molar-refractivity contribution in [1.29, 1.82) is 0 Å². The lowest BCUT2D eigenvalue weighted by Crippen LogP contribution is -2.70. The number of ether oxygens (including phenoxy) is 1. The van der Waals surface area contributed by atoms with Crippen LogP contribution in [0.3, 0.4) is 0 Å². The number of β-lactam (4-membered cyclic amide) rings is 1. The molecule has 1 fully saturated rings. The van der Waals surface area contributed by atoms with Gasteiger partial charge in [-0.05, 0) is 22.3 Å². The molecule has 0 bridgehead atoms. The van der Waals surface area contributed by atoms with E-state index in [1.54, 1.807) is 11.8 Å². The summed E-state index contributed by atoms with van der Waals surface area (Å²) in [7, 11) is 0. The number of fused-ring (bicyclic) bond motifs is 1. The highest BCUT2D eigenvalue weighted by atomic mass is 127. The van der Waals surface area contributed by atoms with Gasteiger partial charge in [0.15, 0.2) is 6.10 Å². The fraction of sp³-hybridized carbons (Fsp3) is 0.207. The van der Waals surface area contributed by atoms with Crippen molar-refractivity contribution in [2.24, 2.45) is 0 Å². The SMILES string of the molecule is O=C(Cc1ccccc1)N[C@@H]1C(=O)N2C(C(=O)OC(c3ccccc3)c3ccccc3)=C(CI)CS[C@@H]12. The van der Waals surface area contributed by atoms with Crippen LogP contribution >= 0.6 is 34.4 Å². The molecule has 2 heterocycles. The number of halogens is 1. The highest BCUT2D eigenvalue weighted by molar-refractivity contribution is 14.1. The first kappa shape index (κ1) is 25.5. The number of carbonyl (C=O) groups is 3. The van der Waals surface area contributed by atoms with Gasteiger partial charge >= 0.3 is 5.97 Å². The van der Waals surface area contributed by atoms with Crippen molar-refractivity contribution in [3.05, 3.63) is 119 Å². The molecule has 2 atom stereocenters. The van der Waals surface area contributed by atoms with Gasteiger partial charge in [-0.1, -0.05) is 114 Å². The average molecular weight is 625 g/mol. The molecule has 0 spiro atoms. The number of carbonyl (C=O) groups excluding carboxylic acids is 3. The van der Waals surface area contributed by atoms with Crippen molar-refractivity contribution in [1.82, 2.24) is 10.2 Å². The van der Waals surface area contributed by atoms with Crippen LogP contribution in [0.5, 0.6) is 0 Å². The number of nitrogens with zero attached hydrogens (tertiary/aromatic N) is 1. The summed E-state index contributed by atoms with van der Waals surface area (Å²) in [4.78, 5) is 41.0. The van der Waals surface area contributed by atoms with E-state index in [0.29, 0.717) is 15.9 Å². The van der Waals surface area contributed by atoms with Crippen molar-refractivity contribution < 1.29 is 19.1 Å². The number of amides is 2. The zero-order chi connectivity index (χ0) is 25.8. The van der Waals surface area contributed by atoms with Crippen LogP contribution in [0.15, 0.2) is 102 Å². The topological polar surface area (TPSA) is 75.7 Å². The lowest BCUT2D eigenvalue weighted by atomic mass is 10.0. The third-order valence-electron chi connectivity index (χ3n) is 6.36. The molecule has 0 aromatic heterocycles. The van der Waals surface area contributed by atoms with Gasteiger partial charge in [0, 0.05) is 10.2 Å². The zero-order valence-corrected chi connectivity index (χ0v) is 22.9. The summed E-state index contributed by atoms with van der Waals surface area (Å²) in [5.41, 5.74) is 3.73. The second-order valence-corrected chi connectivity index (χ2v) is 10.7. The largest absolute Gasteiger partial charge is 0.448 e. The van der Waals surface area contributed by atoms with Gasteiger partial charge in [-0.2, -0.15) is 0 Å². The fourth-order valence-electron chi connectivity index (χ4n) is 4.53. The lowest BCUT2D eigenvalue weighted by molar-refractivity contribution is -0.154. The Labute approximate surface area is 233 Å². The summed E-state index contributed by atoms with van der Waals surface area (Å²) in [6, 6.07) is 27.9. The summed E-state index contributed by atoms with van der Waals surface area (Å²) in [6.45, 7) is 0. The van der Waals surface area contributed by atoms with Gasteiger partial charge in [-0.3, -0.25) is 14.5 Å². The van der Waals surface area contributed by atoms with Gasteiger partial charge in [0.2, 0.25) is 5.91 Å². The van der Waals surface area contributed by atoms with Crippen LogP contribution in [0, 0.1) is 0 Å². The van der Waals surface area contributed by atoms with Gasteiger partial charge in [0.25, 0.3) is 5.91 Å². The molecule has 3 aromatic rings. The number of esters is 1. The Morgan fingerprint density at radius 3 is 2.08 bits per heavy atom. The molecule has 8 heteroatoms. The molecule has 1 saturated heterocycles. The number of thioether (sulfide) groups is 1. The van der Waals surface area contributed by atoms with Crippen molar-refractivity contribution in [3.63, 3.8) is 0 Å². The molecule has 0 saturated carbocycles. The monoisotopic (exact) mass is 624 g/mol. The van der Waals surface area contributed by atoms with Crippen LogP contribution in [-0.4, -0.2) is 44.3 Å². The first-order valence-corrected chi connectivity index (χ1v) is 14.5. The van der Waals surface area contributed by atoms with E-state index in [9.17, 15) is 14.4 Å². The van der Waals surface area contributed by atoms with Gasteiger partial charge in [0.1, 0.15) is 17.1 Å². The number of alkyl halides is 1. The Bertz CT molecular complexity index is 1280. The van der Waals surface area contributed by atoms with Crippen LogP contribution in [0.2, 0.25) is 0 Å². The van der Waals surface area contributed by atoms with Crippen LogP contribution < -0.4 is 5.32 Å². The standard InChI is InChI=1S/C29H25IN2O4S/c30-17-22-18-37-28-24(31-23(33)16-19-10-4-1-5-11-19)27(34)32(28)25(22)29(35)36-26(20-12-6-2-7-13-20)21-14-8-3-9-15-21/h1-15,24,26,28H,16-18H2,(H,31,33)/t24-,28+/m1/s1. The highest BCUT2D eigenvalue weighted by Gasteiger charge is 2.54. The molecular weight excluding hydrogens is 599 g/mol. The third kappa shape index (κ3) is 5.45. The Hall–Kier alpha value is -3.11. The Kier molecular flexibility index (Phi) is 7.95. The molecule has 1 N–H and O–H groups in total. The molecule has 3 aromatic carbocycles. The summed E-state index contributed by atoms with van der Waals surface area (Å²) in [6.07, 6.45) is -0.412. The smallest absolute Gasteiger partial charge is 0.356 e. The summed E-state index contributed by atoms with van der Waals surface area (Å²) in [5, 5.41) is 2.53. The molecule has 0 aliphatic carbocycles. The maximum atomic E-state index is 13.7. The van der Waals surface area contributed by atoms with E-state index >= 15 is 0 Å². The number of nitrogens with one attached hydrogen (secondary N) is 1. The molecular formula is C29H25IN2O4S.